The zero-order valence-electron chi connectivity index (χ0n) is 20.9. The Hall–Kier alpha value is -4.05. The minimum Gasteiger partial charge on any atom is -0.481 e. The van der Waals surface area contributed by atoms with Gasteiger partial charge in [-0.2, -0.15) is 0 Å². The summed E-state index contributed by atoms with van der Waals surface area (Å²) in [5.41, 5.74) is 16.9. The number of carbonyl (C=O) groups is 6. The number of carboxylic acid groups (broad SMARTS) is 2. The van der Waals surface area contributed by atoms with Crippen LogP contribution in [0.15, 0.2) is 12.5 Å². The lowest BCUT2D eigenvalue weighted by atomic mass is 10.0. The molecule has 1 aromatic heterocycles. The molecule has 4 atom stereocenters. The van der Waals surface area contributed by atoms with Gasteiger partial charge in [0.2, 0.25) is 23.6 Å². The van der Waals surface area contributed by atoms with E-state index in [2.05, 4.69) is 25.9 Å². The van der Waals surface area contributed by atoms with Crippen LogP contribution in [0.5, 0.6) is 0 Å². The number of nitrogens with one attached hydrogen (secondary N) is 4. The van der Waals surface area contributed by atoms with Crippen LogP contribution in [0.2, 0.25) is 0 Å². The third-order valence-corrected chi connectivity index (χ3v) is 5.49. The van der Waals surface area contributed by atoms with E-state index < -0.39 is 59.7 Å². The molecule has 0 aliphatic carbocycles. The highest BCUT2D eigenvalue weighted by Gasteiger charge is 2.30. The van der Waals surface area contributed by atoms with Crippen LogP contribution in [-0.4, -0.2) is 86.5 Å². The molecule has 4 amide bonds. The van der Waals surface area contributed by atoms with Crippen LogP contribution in [0.3, 0.4) is 0 Å². The summed E-state index contributed by atoms with van der Waals surface area (Å²) < 4.78 is 0. The summed E-state index contributed by atoms with van der Waals surface area (Å²) in [5, 5.41) is 25.6. The molecule has 0 aromatic carbocycles. The molecule has 0 fully saturated rings. The molecule has 1 heterocycles. The van der Waals surface area contributed by atoms with Crippen molar-refractivity contribution < 1.29 is 39.0 Å². The lowest BCUT2D eigenvalue weighted by Crippen LogP contribution is -2.57. The Balaban J connectivity index is 3.00. The summed E-state index contributed by atoms with van der Waals surface area (Å²) in [6.07, 6.45) is 2.68. The third-order valence-electron chi connectivity index (χ3n) is 5.49. The van der Waals surface area contributed by atoms with Gasteiger partial charge in [0.15, 0.2) is 0 Å². The van der Waals surface area contributed by atoms with Crippen LogP contribution in [-0.2, 0) is 35.2 Å². The fourth-order valence-corrected chi connectivity index (χ4v) is 3.37. The van der Waals surface area contributed by atoms with Gasteiger partial charge in [-0.15, -0.1) is 0 Å². The quantitative estimate of drug-likeness (QED) is 0.0801. The van der Waals surface area contributed by atoms with E-state index in [-0.39, 0.29) is 38.5 Å². The Kier molecular flexibility index (Phi) is 14.0. The van der Waals surface area contributed by atoms with E-state index in [4.69, 9.17) is 22.3 Å². The smallest absolute Gasteiger partial charge is 0.326 e. The zero-order valence-corrected chi connectivity index (χ0v) is 20.9. The average molecular weight is 541 g/mol. The second kappa shape index (κ2) is 16.6. The number of carboxylic acids is 2. The first kappa shape index (κ1) is 32.0. The molecule has 16 nitrogen and oxygen atoms in total. The second-order valence-corrected chi connectivity index (χ2v) is 8.63. The molecule has 0 aliphatic heterocycles. The predicted molar refractivity (Wildman–Crippen MR) is 132 cm³/mol. The number of amides is 4. The summed E-state index contributed by atoms with van der Waals surface area (Å²) in [4.78, 5) is 78.8. The number of imidazole rings is 1. The number of aliphatic carboxylic acids is 2. The van der Waals surface area contributed by atoms with Crippen molar-refractivity contribution >= 4 is 35.6 Å². The van der Waals surface area contributed by atoms with Gasteiger partial charge in [0, 0.05) is 31.2 Å². The molecule has 0 bridgehead atoms. The number of hydrogen-bond acceptors (Lipinski definition) is 9. The van der Waals surface area contributed by atoms with Gasteiger partial charge in [-0.3, -0.25) is 24.0 Å². The number of H-pyrrole nitrogens is 1. The van der Waals surface area contributed by atoms with Crippen molar-refractivity contribution in [1.29, 1.82) is 0 Å². The molecule has 12 N–H and O–H groups in total. The monoisotopic (exact) mass is 540 g/mol. The number of nitrogens with two attached hydrogens (primary N) is 3. The lowest BCUT2D eigenvalue weighted by Gasteiger charge is -2.25. The fourth-order valence-electron chi connectivity index (χ4n) is 3.37. The highest BCUT2D eigenvalue weighted by molar-refractivity contribution is 5.94. The number of aromatic nitrogens is 2. The summed E-state index contributed by atoms with van der Waals surface area (Å²) >= 11 is 0. The van der Waals surface area contributed by atoms with Crippen molar-refractivity contribution in [2.75, 3.05) is 6.54 Å². The van der Waals surface area contributed by atoms with Gasteiger partial charge in [-0.25, -0.2) is 9.78 Å². The molecule has 1 rings (SSSR count). The van der Waals surface area contributed by atoms with E-state index >= 15 is 0 Å². The molecule has 212 valence electrons. The molecular formula is C22H36N8O8. The van der Waals surface area contributed by atoms with Gasteiger partial charge in [0.05, 0.1) is 12.4 Å². The van der Waals surface area contributed by atoms with Crippen molar-refractivity contribution in [3.8, 4) is 0 Å². The Morgan fingerprint density at radius 3 is 2.00 bits per heavy atom. The van der Waals surface area contributed by atoms with E-state index in [0.29, 0.717) is 25.1 Å². The summed E-state index contributed by atoms with van der Waals surface area (Å²) in [7, 11) is 0. The number of nitrogens with zero attached hydrogens (tertiary/aromatic N) is 1. The summed E-state index contributed by atoms with van der Waals surface area (Å²) in [5.74, 6) is -5.64. The van der Waals surface area contributed by atoms with Crippen LogP contribution < -0.4 is 33.2 Å². The zero-order chi connectivity index (χ0) is 28.7. The summed E-state index contributed by atoms with van der Waals surface area (Å²) in [6, 6.07) is -5.07. The maximum Gasteiger partial charge on any atom is 0.326 e. The molecule has 16 heteroatoms. The van der Waals surface area contributed by atoms with Crippen LogP contribution in [0.4, 0.5) is 0 Å². The van der Waals surface area contributed by atoms with E-state index in [1.807, 2.05) is 0 Å². The predicted octanol–water partition coefficient (Wildman–Crippen LogP) is -2.92. The highest BCUT2D eigenvalue weighted by atomic mass is 16.4. The first-order valence-corrected chi connectivity index (χ1v) is 12.0. The molecule has 4 unspecified atom stereocenters. The minimum atomic E-state index is -1.32. The van der Waals surface area contributed by atoms with Crippen LogP contribution >= 0.6 is 0 Å². The van der Waals surface area contributed by atoms with E-state index in [1.54, 1.807) is 0 Å². The Labute approximate surface area is 218 Å². The van der Waals surface area contributed by atoms with Crippen molar-refractivity contribution in [1.82, 2.24) is 25.9 Å². The Morgan fingerprint density at radius 1 is 0.868 bits per heavy atom. The second-order valence-electron chi connectivity index (χ2n) is 8.63. The molecule has 1 aromatic rings. The van der Waals surface area contributed by atoms with Gasteiger partial charge >= 0.3 is 11.9 Å². The molecular weight excluding hydrogens is 504 g/mol. The Morgan fingerprint density at radius 2 is 1.47 bits per heavy atom. The summed E-state index contributed by atoms with van der Waals surface area (Å²) in [6.45, 7) is 0.325. The molecule has 0 saturated heterocycles. The number of aromatic amines is 1. The van der Waals surface area contributed by atoms with Gasteiger partial charge in [-0.05, 0) is 38.6 Å². The van der Waals surface area contributed by atoms with Gasteiger partial charge in [-0.1, -0.05) is 0 Å². The van der Waals surface area contributed by atoms with Gasteiger partial charge in [0.25, 0.3) is 0 Å². The van der Waals surface area contributed by atoms with Crippen molar-refractivity contribution in [2.24, 2.45) is 17.2 Å². The van der Waals surface area contributed by atoms with Crippen LogP contribution in [0, 0.1) is 0 Å². The number of carbonyl (C=O) groups excluding carboxylic acids is 4. The standard InChI is InChI=1S/C22H36N8O8/c23-8-2-1-3-14(20(35)30-16(22(37)38)9-12-10-26-11-27-12)29-21(36)15(5-6-17(25)31)28-19(34)13(24)4-7-18(32)33/h10-11,13-16H,1-9,23-24H2,(H2,25,31)(H,26,27)(H,28,34)(H,29,36)(H,30,35)(H,32,33)(H,37,38). The van der Waals surface area contributed by atoms with Crippen LogP contribution in [0.1, 0.15) is 50.6 Å². The average Bonchev–Trinajstić information content (AvgIpc) is 3.36. The number of hydrogen-bond donors (Lipinski definition) is 9. The van der Waals surface area contributed by atoms with Gasteiger partial charge < -0.3 is 48.3 Å². The SMILES string of the molecule is NCCCCC(NC(=O)C(CCC(N)=O)NC(=O)C(N)CCC(=O)O)C(=O)NC(Cc1cnc[nH]1)C(=O)O. The normalized spacial score (nSPS) is 13.9. The molecule has 38 heavy (non-hydrogen) atoms. The van der Waals surface area contributed by atoms with Crippen LogP contribution in [0.25, 0.3) is 0 Å². The highest BCUT2D eigenvalue weighted by Crippen LogP contribution is 2.07. The molecule has 0 radical (unpaired) electrons. The van der Waals surface area contributed by atoms with E-state index in [1.165, 1.54) is 12.5 Å². The van der Waals surface area contributed by atoms with Gasteiger partial charge in [0.1, 0.15) is 18.1 Å². The van der Waals surface area contributed by atoms with E-state index in [0.717, 1.165) is 0 Å². The van der Waals surface area contributed by atoms with Crippen molar-refractivity contribution in [3.05, 3.63) is 18.2 Å². The third kappa shape index (κ3) is 12.3. The first-order chi connectivity index (χ1) is 17.9. The van der Waals surface area contributed by atoms with E-state index in [9.17, 15) is 33.9 Å². The number of primary amides is 1. The fraction of sp³-hybridized carbons (Fsp3) is 0.591. The minimum absolute atomic E-state index is 0.0872. The number of unbranched alkanes of at least 4 members (excludes halogenated alkanes) is 1. The largest absolute Gasteiger partial charge is 0.481 e. The maximum atomic E-state index is 13.1. The number of rotatable bonds is 19. The molecule has 0 saturated carbocycles. The molecule has 0 aliphatic rings. The van der Waals surface area contributed by atoms with Crippen molar-refractivity contribution in [3.63, 3.8) is 0 Å². The Bertz CT molecular complexity index is 955. The molecule has 0 spiro atoms. The van der Waals surface area contributed by atoms with Crippen molar-refractivity contribution in [2.45, 2.75) is 75.5 Å². The topological polar surface area (TPSA) is 286 Å². The maximum absolute atomic E-state index is 13.1. The first-order valence-electron chi connectivity index (χ1n) is 12.0. The lowest BCUT2D eigenvalue weighted by molar-refractivity contribution is -0.142.